The van der Waals surface area contributed by atoms with Crippen LogP contribution in [0.15, 0.2) is 42.5 Å². The molecule has 138 valence electrons. The lowest BCUT2D eigenvalue weighted by Crippen LogP contribution is -3.19. The number of quaternary nitrogens is 1. The van der Waals surface area contributed by atoms with Gasteiger partial charge in [0.05, 0.1) is 31.9 Å². The molecule has 0 radical (unpaired) electrons. The van der Waals surface area contributed by atoms with Crippen LogP contribution in [0.5, 0.6) is 0 Å². The molecule has 0 bridgehead atoms. The fourth-order valence-electron chi connectivity index (χ4n) is 3.18. The predicted molar refractivity (Wildman–Crippen MR) is 98.8 cm³/mol. The molecule has 0 saturated carbocycles. The molecule has 3 rings (SSSR count). The van der Waals surface area contributed by atoms with Crippen molar-refractivity contribution < 1.29 is 18.5 Å². The minimum Gasteiger partial charge on any atom is -0.360 e. The van der Waals surface area contributed by atoms with E-state index in [1.165, 1.54) is 0 Å². The molecule has 0 unspecified atom stereocenters. The fraction of sp³-hybridized carbons (Fsp3) is 0.316. The van der Waals surface area contributed by atoms with Crippen molar-refractivity contribution in [2.75, 3.05) is 36.4 Å². The maximum Gasteiger partial charge on any atom is 0.282 e. The van der Waals surface area contributed by atoms with E-state index in [9.17, 15) is 13.6 Å². The summed E-state index contributed by atoms with van der Waals surface area (Å²) < 4.78 is 26.9. The smallest absolute Gasteiger partial charge is 0.282 e. The van der Waals surface area contributed by atoms with Crippen LogP contribution in [0.2, 0.25) is 5.02 Å². The quantitative estimate of drug-likeness (QED) is 0.854. The number of halogens is 3. The van der Waals surface area contributed by atoms with Crippen molar-refractivity contribution >= 4 is 28.9 Å². The van der Waals surface area contributed by atoms with Crippen molar-refractivity contribution in [1.29, 1.82) is 0 Å². The summed E-state index contributed by atoms with van der Waals surface area (Å²) in [6.07, 6.45) is 0. The molecule has 0 aliphatic carbocycles. The Morgan fingerprint density at radius 2 is 1.92 bits per heavy atom. The molecular weight excluding hydrogens is 360 g/mol. The summed E-state index contributed by atoms with van der Waals surface area (Å²) in [4.78, 5) is 15.8. The molecule has 0 spiro atoms. The van der Waals surface area contributed by atoms with Crippen molar-refractivity contribution in [3.05, 3.63) is 59.1 Å². The molecule has 1 aliphatic heterocycles. The van der Waals surface area contributed by atoms with Crippen molar-refractivity contribution in [2.45, 2.75) is 13.0 Å². The van der Waals surface area contributed by atoms with Gasteiger partial charge in [0.1, 0.15) is 11.6 Å². The molecule has 7 heteroatoms. The first-order chi connectivity index (χ1) is 12.4. The average molecular weight is 381 g/mol. The standard InChI is InChI=1S/C19H20ClF2N3O/c1-13(19(26)23-18-12-15(21)5-6-17(18)22)24-7-9-25(10-8-24)16-4-2-3-14(20)11-16/h2-6,11-13H,7-10H2,1H3,(H,23,26)/p+1/t13-/m1/s1. The zero-order valence-corrected chi connectivity index (χ0v) is 15.2. The molecule has 1 saturated heterocycles. The van der Waals surface area contributed by atoms with E-state index in [0.29, 0.717) is 5.02 Å². The zero-order valence-electron chi connectivity index (χ0n) is 14.4. The maximum atomic E-state index is 13.7. The maximum absolute atomic E-state index is 13.7. The van der Waals surface area contributed by atoms with Crippen LogP contribution >= 0.6 is 11.6 Å². The Kier molecular flexibility index (Phi) is 5.74. The highest BCUT2D eigenvalue weighted by atomic mass is 35.5. The number of hydrogen-bond acceptors (Lipinski definition) is 2. The Labute approximate surface area is 156 Å². The molecule has 1 fully saturated rings. The summed E-state index contributed by atoms with van der Waals surface area (Å²) in [5.41, 5.74) is 0.939. The molecule has 1 amide bonds. The first kappa shape index (κ1) is 18.6. The van der Waals surface area contributed by atoms with Crippen LogP contribution in [0, 0.1) is 11.6 Å². The molecular formula is C19H21ClF2N3O+. The minimum atomic E-state index is -0.646. The topological polar surface area (TPSA) is 36.8 Å². The van der Waals surface area contributed by atoms with E-state index in [4.69, 9.17) is 11.6 Å². The van der Waals surface area contributed by atoms with E-state index in [2.05, 4.69) is 10.2 Å². The third-order valence-corrected chi connectivity index (χ3v) is 5.01. The van der Waals surface area contributed by atoms with Crippen LogP contribution in [0.4, 0.5) is 20.2 Å². The lowest BCUT2D eigenvalue weighted by atomic mass is 10.2. The molecule has 1 aliphatic rings. The number of carbonyl (C=O) groups excluding carboxylic acids is 1. The average Bonchev–Trinajstić information content (AvgIpc) is 2.64. The zero-order chi connectivity index (χ0) is 18.7. The lowest BCUT2D eigenvalue weighted by Gasteiger charge is -2.36. The number of carbonyl (C=O) groups is 1. The highest BCUT2D eigenvalue weighted by Crippen LogP contribution is 2.19. The van der Waals surface area contributed by atoms with Gasteiger partial charge in [-0.3, -0.25) is 4.79 Å². The van der Waals surface area contributed by atoms with E-state index in [1.807, 2.05) is 24.3 Å². The summed E-state index contributed by atoms with van der Waals surface area (Å²) >= 11 is 6.04. The lowest BCUT2D eigenvalue weighted by molar-refractivity contribution is -0.914. The second-order valence-corrected chi connectivity index (χ2v) is 6.90. The molecule has 26 heavy (non-hydrogen) atoms. The summed E-state index contributed by atoms with van der Waals surface area (Å²) in [5.74, 6) is -1.55. The van der Waals surface area contributed by atoms with Gasteiger partial charge in [-0.25, -0.2) is 8.78 Å². The monoisotopic (exact) mass is 380 g/mol. The summed E-state index contributed by atoms with van der Waals surface area (Å²) in [6.45, 7) is 4.93. The normalized spacial score (nSPS) is 16.4. The highest BCUT2D eigenvalue weighted by molar-refractivity contribution is 6.30. The van der Waals surface area contributed by atoms with Gasteiger partial charge in [0.15, 0.2) is 6.04 Å². The van der Waals surface area contributed by atoms with Crippen LogP contribution in [-0.4, -0.2) is 38.1 Å². The Morgan fingerprint density at radius 3 is 2.62 bits per heavy atom. The molecule has 2 aromatic rings. The van der Waals surface area contributed by atoms with Crippen LogP contribution in [-0.2, 0) is 4.79 Å². The number of nitrogens with one attached hydrogen (secondary N) is 2. The molecule has 1 heterocycles. The molecule has 4 nitrogen and oxygen atoms in total. The molecule has 1 atom stereocenters. The summed E-state index contributed by atoms with van der Waals surface area (Å²) in [6, 6.07) is 10.4. The first-order valence-corrected chi connectivity index (χ1v) is 8.93. The number of hydrogen-bond donors (Lipinski definition) is 2. The van der Waals surface area contributed by atoms with Gasteiger partial charge in [-0.05, 0) is 37.3 Å². The van der Waals surface area contributed by atoms with Crippen molar-refractivity contribution in [2.24, 2.45) is 0 Å². The van der Waals surface area contributed by atoms with Crippen molar-refractivity contribution in [1.82, 2.24) is 0 Å². The number of anilines is 2. The Hall–Kier alpha value is -2.18. The summed E-state index contributed by atoms with van der Waals surface area (Å²) in [7, 11) is 0. The van der Waals surface area contributed by atoms with Gasteiger partial charge in [0, 0.05) is 16.8 Å². The van der Waals surface area contributed by atoms with Crippen LogP contribution in [0.3, 0.4) is 0 Å². The fourth-order valence-corrected chi connectivity index (χ4v) is 3.36. The highest BCUT2D eigenvalue weighted by Gasteiger charge is 2.29. The number of nitrogens with zero attached hydrogens (tertiary/aromatic N) is 1. The third kappa shape index (κ3) is 4.31. The number of rotatable bonds is 4. The largest absolute Gasteiger partial charge is 0.360 e. The van der Waals surface area contributed by atoms with Gasteiger partial charge in [-0.2, -0.15) is 0 Å². The van der Waals surface area contributed by atoms with Gasteiger partial charge in [0.25, 0.3) is 5.91 Å². The van der Waals surface area contributed by atoms with Gasteiger partial charge in [0.2, 0.25) is 0 Å². The van der Waals surface area contributed by atoms with Crippen LogP contribution < -0.4 is 15.1 Å². The van der Waals surface area contributed by atoms with E-state index >= 15 is 0 Å². The number of amides is 1. The van der Waals surface area contributed by atoms with E-state index in [0.717, 1.165) is 55.0 Å². The van der Waals surface area contributed by atoms with Crippen LogP contribution in [0.1, 0.15) is 6.92 Å². The Morgan fingerprint density at radius 1 is 1.19 bits per heavy atom. The van der Waals surface area contributed by atoms with Gasteiger partial charge in [-0.15, -0.1) is 0 Å². The van der Waals surface area contributed by atoms with Gasteiger partial charge in [-0.1, -0.05) is 17.7 Å². The molecule has 0 aromatic heterocycles. The second kappa shape index (κ2) is 8.01. The minimum absolute atomic E-state index is 0.126. The van der Waals surface area contributed by atoms with Gasteiger partial charge >= 0.3 is 0 Å². The third-order valence-electron chi connectivity index (χ3n) is 4.77. The Bertz CT molecular complexity index is 794. The number of piperazine rings is 1. The molecule has 2 N–H and O–H groups in total. The SMILES string of the molecule is C[C@H](C(=O)Nc1cc(F)ccc1F)[NH+]1CCN(c2cccc(Cl)c2)CC1. The summed E-state index contributed by atoms with van der Waals surface area (Å²) in [5, 5.41) is 3.19. The van der Waals surface area contributed by atoms with Gasteiger partial charge < -0.3 is 15.1 Å². The molecule has 2 aromatic carbocycles. The first-order valence-electron chi connectivity index (χ1n) is 8.55. The predicted octanol–water partition coefficient (Wildman–Crippen LogP) is 2.35. The van der Waals surface area contributed by atoms with E-state index in [-0.39, 0.29) is 17.6 Å². The van der Waals surface area contributed by atoms with E-state index in [1.54, 1.807) is 6.92 Å². The second-order valence-electron chi connectivity index (χ2n) is 6.46. The van der Waals surface area contributed by atoms with Crippen molar-refractivity contribution in [3.8, 4) is 0 Å². The van der Waals surface area contributed by atoms with Crippen LogP contribution in [0.25, 0.3) is 0 Å². The Balaban J connectivity index is 1.58. The van der Waals surface area contributed by atoms with E-state index < -0.39 is 11.6 Å². The number of benzene rings is 2. The van der Waals surface area contributed by atoms with Crippen molar-refractivity contribution in [3.63, 3.8) is 0 Å².